The molecule has 1 saturated heterocycles. The summed E-state index contributed by atoms with van der Waals surface area (Å²) < 4.78 is 0. The van der Waals surface area contributed by atoms with Crippen LogP contribution in [0.1, 0.15) is 50.8 Å². The van der Waals surface area contributed by atoms with Crippen molar-refractivity contribution in [2.75, 3.05) is 6.54 Å². The van der Waals surface area contributed by atoms with Crippen LogP contribution in [-0.4, -0.2) is 23.4 Å². The van der Waals surface area contributed by atoms with Crippen LogP contribution in [-0.2, 0) is 4.79 Å². The van der Waals surface area contributed by atoms with Crippen LogP contribution in [0.4, 0.5) is 0 Å². The second-order valence-corrected chi connectivity index (χ2v) is 6.02. The van der Waals surface area contributed by atoms with Gasteiger partial charge in [0.2, 0.25) is 5.91 Å². The molecule has 2 fully saturated rings. The molecule has 0 spiro atoms. The number of benzene rings is 1. The van der Waals surface area contributed by atoms with Crippen molar-refractivity contribution >= 4 is 5.91 Å². The molecule has 108 valence electrons. The maximum Gasteiger partial charge on any atom is 0.238 e. The molecule has 1 aromatic rings. The summed E-state index contributed by atoms with van der Waals surface area (Å²) in [4.78, 5) is 14.5. The zero-order valence-corrected chi connectivity index (χ0v) is 12.2. The zero-order valence-electron chi connectivity index (χ0n) is 12.2. The van der Waals surface area contributed by atoms with Gasteiger partial charge in [-0.1, -0.05) is 56.5 Å². The van der Waals surface area contributed by atoms with Crippen LogP contribution in [0.25, 0.3) is 0 Å². The van der Waals surface area contributed by atoms with E-state index in [1.54, 1.807) is 0 Å². The topological polar surface area (TPSA) is 32.3 Å². The number of amides is 1. The molecule has 3 atom stereocenters. The summed E-state index contributed by atoms with van der Waals surface area (Å²) in [5.41, 5.74) is 1.21. The minimum absolute atomic E-state index is 0.0702. The largest absolute Gasteiger partial charge is 0.319 e. The minimum atomic E-state index is 0.0702. The van der Waals surface area contributed by atoms with E-state index in [1.807, 2.05) is 6.07 Å². The predicted molar refractivity (Wildman–Crippen MR) is 80.1 cm³/mol. The van der Waals surface area contributed by atoms with E-state index in [-0.39, 0.29) is 12.1 Å². The molecule has 1 aliphatic carbocycles. The van der Waals surface area contributed by atoms with Crippen molar-refractivity contribution in [2.24, 2.45) is 5.92 Å². The number of rotatable bonds is 3. The van der Waals surface area contributed by atoms with Crippen LogP contribution >= 0.6 is 0 Å². The van der Waals surface area contributed by atoms with Gasteiger partial charge in [0.1, 0.15) is 6.17 Å². The molecule has 1 heterocycles. The molecule has 3 heteroatoms. The molecule has 1 N–H and O–H groups in total. The highest BCUT2D eigenvalue weighted by molar-refractivity contribution is 5.81. The molecule has 0 radical (unpaired) electrons. The van der Waals surface area contributed by atoms with Crippen molar-refractivity contribution < 1.29 is 4.79 Å². The van der Waals surface area contributed by atoms with Gasteiger partial charge in [0.05, 0.1) is 6.54 Å². The molecule has 1 saturated carbocycles. The van der Waals surface area contributed by atoms with Crippen molar-refractivity contribution in [3.63, 3.8) is 0 Å². The smallest absolute Gasteiger partial charge is 0.238 e. The molecule has 0 bridgehead atoms. The van der Waals surface area contributed by atoms with Crippen LogP contribution in [0, 0.1) is 5.92 Å². The summed E-state index contributed by atoms with van der Waals surface area (Å²) in [5.74, 6) is 0.933. The highest BCUT2D eigenvalue weighted by atomic mass is 16.2. The number of hydrogen-bond acceptors (Lipinski definition) is 2. The number of carbonyl (C=O) groups is 1. The van der Waals surface area contributed by atoms with E-state index >= 15 is 0 Å². The van der Waals surface area contributed by atoms with Gasteiger partial charge in [-0.05, 0) is 24.3 Å². The fraction of sp³-hybridized carbons (Fsp3) is 0.588. The molecule has 0 aromatic heterocycles. The summed E-state index contributed by atoms with van der Waals surface area (Å²) in [6.45, 7) is 2.74. The second kappa shape index (κ2) is 5.96. The quantitative estimate of drug-likeness (QED) is 0.917. The average Bonchev–Trinajstić information content (AvgIpc) is 2.89. The first-order chi connectivity index (χ1) is 9.81. The molecule has 2 aliphatic rings. The van der Waals surface area contributed by atoms with Gasteiger partial charge in [0.25, 0.3) is 0 Å². The maximum atomic E-state index is 12.4. The van der Waals surface area contributed by atoms with Crippen LogP contribution in [0.3, 0.4) is 0 Å². The van der Waals surface area contributed by atoms with E-state index in [0.717, 1.165) is 6.42 Å². The Morgan fingerprint density at radius 3 is 2.70 bits per heavy atom. The minimum Gasteiger partial charge on any atom is -0.319 e. The van der Waals surface area contributed by atoms with Gasteiger partial charge in [-0.3, -0.25) is 10.1 Å². The highest BCUT2D eigenvalue weighted by Gasteiger charge is 2.40. The van der Waals surface area contributed by atoms with Gasteiger partial charge in [-0.25, -0.2) is 0 Å². The first kappa shape index (κ1) is 13.6. The van der Waals surface area contributed by atoms with E-state index in [9.17, 15) is 4.79 Å². The van der Waals surface area contributed by atoms with Gasteiger partial charge in [0, 0.05) is 6.04 Å². The number of nitrogens with zero attached hydrogens (tertiary/aromatic N) is 1. The highest BCUT2D eigenvalue weighted by Crippen LogP contribution is 2.36. The molecule has 3 unspecified atom stereocenters. The molecule has 1 aromatic carbocycles. The van der Waals surface area contributed by atoms with Gasteiger partial charge in [-0.2, -0.15) is 0 Å². The Hall–Kier alpha value is -1.35. The Balaban J connectivity index is 1.86. The number of carbonyl (C=O) groups excluding carboxylic acids is 1. The van der Waals surface area contributed by atoms with Crippen molar-refractivity contribution in [1.29, 1.82) is 0 Å². The SMILES string of the molecule is CCC1CCCCC1N1C(=O)CNC1c1ccccc1. The fourth-order valence-electron chi connectivity index (χ4n) is 3.84. The van der Waals surface area contributed by atoms with Crippen molar-refractivity contribution in [3.05, 3.63) is 35.9 Å². The molecule has 1 amide bonds. The van der Waals surface area contributed by atoms with Crippen molar-refractivity contribution in [3.8, 4) is 0 Å². The Kier molecular flexibility index (Phi) is 4.06. The Morgan fingerprint density at radius 2 is 1.95 bits per heavy atom. The average molecular weight is 272 g/mol. The number of hydrogen-bond donors (Lipinski definition) is 1. The maximum absolute atomic E-state index is 12.4. The monoisotopic (exact) mass is 272 g/mol. The lowest BCUT2D eigenvalue weighted by atomic mass is 9.81. The Labute approximate surface area is 121 Å². The third-order valence-corrected chi connectivity index (χ3v) is 4.88. The first-order valence-corrected chi connectivity index (χ1v) is 7.90. The molecule has 3 nitrogen and oxygen atoms in total. The lowest BCUT2D eigenvalue weighted by molar-refractivity contribution is -0.132. The summed E-state index contributed by atoms with van der Waals surface area (Å²) in [5, 5.41) is 3.39. The van der Waals surface area contributed by atoms with Gasteiger partial charge in [0.15, 0.2) is 0 Å². The third-order valence-electron chi connectivity index (χ3n) is 4.88. The predicted octanol–water partition coefficient (Wildman–Crippen LogP) is 3.09. The van der Waals surface area contributed by atoms with Gasteiger partial charge < -0.3 is 4.90 Å². The van der Waals surface area contributed by atoms with E-state index in [4.69, 9.17) is 0 Å². The van der Waals surface area contributed by atoms with Crippen LogP contribution in [0.2, 0.25) is 0 Å². The summed E-state index contributed by atoms with van der Waals surface area (Å²) in [6, 6.07) is 10.8. The molecule has 1 aliphatic heterocycles. The van der Waals surface area contributed by atoms with Gasteiger partial charge in [-0.15, -0.1) is 0 Å². The Bertz CT molecular complexity index is 459. The van der Waals surface area contributed by atoms with Gasteiger partial charge >= 0.3 is 0 Å². The first-order valence-electron chi connectivity index (χ1n) is 7.90. The van der Waals surface area contributed by atoms with Crippen LogP contribution in [0.5, 0.6) is 0 Å². The van der Waals surface area contributed by atoms with E-state index < -0.39 is 0 Å². The Morgan fingerprint density at radius 1 is 1.20 bits per heavy atom. The fourth-order valence-corrected chi connectivity index (χ4v) is 3.84. The van der Waals surface area contributed by atoms with Crippen LogP contribution < -0.4 is 5.32 Å². The third kappa shape index (κ3) is 2.47. The lowest BCUT2D eigenvalue weighted by Gasteiger charge is -2.40. The standard InChI is InChI=1S/C17H24N2O/c1-2-13-8-6-7-11-15(13)19-16(20)12-18-17(19)14-9-4-3-5-10-14/h3-5,9-10,13,15,17-18H,2,6-8,11-12H2,1H3. The molecule has 20 heavy (non-hydrogen) atoms. The lowest BCUT2D eigenvalue weighted by Crippen LogP contribution is -2.45. The molecule has 3 rings (SSSR count). The van der Waals surface area contributed by atoms with E-state index in [0.29, 0.717) is 18.5 Å². The van der Waals surface area contributed by atoms with Crippen LogP contribution in [0.15, 0.2) is 30.3 Å². The normalized spacial score (nSPS) is 30.8. The summed E-state index contributed by atoms with van der Waals surface area (Å²) >= 11 is 0. The number of nitrogens with one attached hydrogen (secondary N) is 1. The molecular formula is C17H24N2O. The van der Waals surface area contributed by atoms with E-state index in [2.05, 4.69) is 41.4 Å². The summed E-state index contributed by atoms with van der Waals surface area (Å²) in [7, 11) is 0. The van der Waals surface area contributed by atoms with Crippen molar-refractivity contribution in [1.82, 2.24) is 10.2 Å². The zero-order chi connectivity index (χ0) is 13.9. The second-order valence-electron chi connectivity index (χ2n) is 6.02. The summed E-state index contributed by atoms with van der Waals surface area (Å²) in [6.07, 6.45) is 6.26. The molecular weight excluding hydrogens is 248 g/mol. The van der Waals surface area contributed by atoms with Crippen molar-refractivity contribution in [2.45, 2.75) is 51.2 Å². The van der Waals surface area contributed by atoms with E-state index in [1.165, 1.54) is 31.2 Å².